The molecular formula is C13H19N3O4. The fourth-order valence-corrected chi connectivity index (χ4v) is 2.04. The first kappa shape index (κ1) is 15.9. The zero-order chi connectivity index (χ0) is 15.3. The second-order valence-electron chi connectivity index (χ2n) is 4.72. The SMILES string of the molecule is CC(C)N(CCN)c1cc(C[N+](=O)[O-])ccc1C(=O)O. The third kappa shape index (κ3) is 3.92. The molecule has 0 atom stereocenters. The molecular weight excluding hydrogens is 262 g/mol. The molecule has 0 heterocycles. The van der Waals surface area contributed by atoms with Crippen LogP contribution in [0.3, 0.4) is 0 Å². The lowest BCUT2D eigenvalue weighted by Crippen LogP contribution is -2.36. The largest absolute Gasteiger partial charge is 0.478 e. The Morgan fingerprint density at radius 1 is 1.50 bits per heavy atom. The van der Waals surface area contributed by atoms with Crippen molar-refractivity contribution in [1.82, 2.24) is 0 Å². The topological polar surface area (TPSA) is 110 Å². The fraction of sp³-hybridized carbons (Fsp3) is 0.462. The van der Waals surface area contributed by atoms with Crippen LogP contribution in [0, 0.1) is 10.1 Å². The van der Waals surface area contributed by atoms with Crippen molar-refractivity contribution in [1.29, 1.82) is 0 Å². The lowest BCUT2D eigenvalue weighted by atomic mass is 10.1. The Hall–Kier alpha value is -2.15. The van der Waals surface area contributed by atoms with Gasteiger partial charge in [-0.1, -0.05) is 6.07 Å². The minimum absolute atomic E-state index is 0.0440. The molecule has 0 aromatic heterocycles. The Balaban J connectivity index is 3.29. The highest BCUT2D eigenvalue weighted by molar-refractivity contribution is 5.94. The van der Waals surface area contributed by atoms with Gasteiger partial charge in [-0.3, -0.25) is 10.1 Å². The van der Waals surface area contributed by atoms with Gasteiger partial charge < -0.3 is 15.7 Å². The van der Waals surface area contributed by atoms with Crippen LogP contribution >= 0.6 is 0 Å². The number of benzene rings is 1. The molecule has 20 heavy (non-hydrogen) atoms. The van der Waals surface area contributed by atoms with E-state index in [0.717, 1.165) is 0 Å². The van der Waals surface area contributed by atoms with Gasteiger partial charge >= 0.3 is 5.97 Å². The van der Waals surface area contributed by atoms with E-state index in [2.05, 4.69) is 0 Å². The summed E-state index contributed by atoms with van der Waals surface area (Å²) in [7, 11) is 0. The minimum atomic E-state index is -1.06. The second-order valence-corrected chi connectivity index (χ2v) is 4.72. The third-order valence-corrected chi connectivity index (χ3v) is 2.91. The van der Waals surface area contributed by atoms with Crippen LogP contribution in [0.5, 0.6) is 0 Å². The van der Waals surface area contributed by atoms with E-state index in [-0.39, 0.29) is 18.2 Å². The van der Waals surface area contributed by atoms with Gasteiger partial charge in [-0.05, 0) is 26.0 Å². The van der Waals surface area contributed by atoms with Crippen LogP contribution in [-0.4, -0.2) is 35.1 Å². The molecule has 0 aliphatic rings. The Bertz CT molecular complexity index is 502. The molecule has 0 bridgehead atoms. The maximum Gasteiger partial charge on any atom is 0.337 e. The Morgan fingerprint density at radius 3 is 2.60 bits per heavy atom. The monoisotopic (exact) mass is 281 g/mol. The average Bonchev–Trinajstić information content (AvgIpc) is 2.34. The molecule has 110 valence electrons. The van der Waals surface area contributed by atoms with Gasteiger partial charge in [-0.15, -0.1) is 0 Å². The first-order valence-corrected chi connectivity index (χ1v) is 6.31. The van der Waals surface area contributed by atoms with Gasteiger partial charge in [0, 0.05) is 29.6 Å². The van der Waals surface area contributed by atoms with E-state index in [4.69, 9.17) is 5.73 Å². The summed E-state index contributed by atoms with van der Waals surface area (Å²) in [6.07, 6.45) is 0. The van der Waals surface area contributed by atoms with E-state index in [1.807, 2.05) is 18.7 Å². The van der Waals surface area contributed by atoms with Gasteiger partial charge in [0.2, 0.25) is 6.54 Å². The molecule has 0 saturated carbocycles. The first-order valence-electron chi connectivity index (χ1n) is 6.31. The number of carbonyl (C=O) groups is 1. The summed E-state index contributed by atoms with van der Waals surface area (Å²) in [5.41, 5.74) is 6.62. The number of aromatic carboxylic acids is 1. The van der Waals surface area contributed by atoms with Crippen molar-refractivity contribution in [3.05, 3.63) is 39.4 Å². The standard InChI is InChI=1S/C13H19N3O4/c1-9(2)15(6-5-14)12-7-10(8-16(19)20)3-4-11(12)13(17)18/h3-4,7,9H,5-6,8,14H2,1-2H3,(H,17,18). The highest BCUT2D eigenvalue weighted by atomic mass is 16.6. The van der Waals surface area contributed by atoms with Gasteiger partial charge in [0.25, 0.3) is 0 Å². The van der Waals surface area contributed by atoms with E-state index in [1.165, 1.54) is 12.1 Å². The van der Waals surface area contributed by atoms with E-state index in [9.17, 15) is 20.0 Å². The van der Waals surface area contributed by atoms with Crippen LogP contribution in [0.4, 0.5) is 5.69 Å². The van der Waals surface area contributed by atoms with Crippen molar-refractivity contribution in [2.75, 3.05) is 18.0 Å². The van der Waals surface area contributed by atoms with Gasteiger partial charge in [0.15, 0.2) is 0 Å². The van der Waals surface area contributed by atoms with Crippen LogP contribution in [-0.2, 0) is 6.54 Å². The molecule has 0 spiro atoms. The number of carboxylic acids is 1. The summed E-state index contributed by atoms with van der Waals surface area (Å²) >= 11 is 0. The van der Waals surface area contributed by atoms with Crippen LogP contribution in [0.25, 0.3) is 0 Å². The summed E-state index contributed by atoms with van der Waals surface area (Å²) in [4.78, 5) is 23.3. The van der Waals surface area contributed by atoms with Crippen molar-refractivity contribution < 1.29 is 14.8 Å². The Morgan fingerprint density at radius 2 is 2.15 bits per heavy atom. The number of nitrogens with two attached hydrogens (primary N) is 1. The zero-order valence-corrected chi connectivity index (χ0v) is 11.6. The third-order valence-electron chi connectivity index (χ3n) is 2.91. The van der Waals surface area contributed by atoms with Crippen LogP contribution in [0.15, 0.2) is 18.2 Å². The van der Waals surface area contributed by atoms with E-state index < -0.39 is 10.9 Å². The number of rotatable bonds is 7. The van der Waals surface area contributed by atoms with E-state index in [1.54, 1.807) is 6.07 Å². The first-order chi connectivity index (χ1) is 9.36. The summed E-state index contributed by atoms with van der Waals surface area (Å²) in [6, 6.07) is 4.48. The molecule has 7 nitrogen and oxygen atoms in total. The smallest absolute Gasteiger partial charge is 0.337 e. The van der Waals surface area contributed by atoms with Crippen molar-refractivity contribution in [2.45, 2.75) is 26.4 Å². The normalized spacial score (nSPS) is 10.6. The van der Waals surface area contributed by atoms with Crippen LogP contribution in [0.1, 0.15) is 29.8 Å². The molecule has 0 amide bonds. The molecule has 0 aliphatic carbocycles. The van der Waals surface area contributed by atoms with Crippen molar-refractivity contribution in [3.63, 3.8) is 0 Å². The van der Waals surface area contributed by atoms with Crippen LogP contribution < -0.4 is 10.6 Å². The van der Waals surface area contributed by atoms with Gasteiger partial charge in [0.05, 0.1) is 11.3 Å². The number of nitro groups is 1. The number of nitrogens with zero attached hydrogens (tertiary/aromatic N) is 2. The molecule has 0 radical (unpaired) electrons. The average molecular weight is 281 g/mol. The molecule has 0 fully saturated rings. The number of anilines is 1. The number of carboxylic acid groups (broad SMARTS) is 1. The quantitative estimate of drug-likeness (QED) is 0.576. The molecule has 1 aromatic carbocycles. The maximum atomic E-state index is 11.3. The van der Waals surface area contributed by atoms with E-state index in [0.29, 0.717) is 24.3 Å². The number of hydrogen-bond acceptors (Lipinski definition) is 5. The highest BCUT2D eigenvalue weighted by Gasteiger charge is 2.19. The van der Waals surface area contributed by atoms with Gasteiger partial charge in [-0.25, -0.2) is 4.79 Å². The predicted octanol–water partition coefficient (Wildman–Crippen LogP) is 1.33. The van der Waals surface area contributed by atoms with Gasteiger partial charge in [-0.2, -0.15) is 0 Å². The molecule has 0 unspecified atom stereocenters. The number of hydrogen-bond donors (Lipinski definition) is 2. The minimum Gasteiger partial charge on any atom is -0.478 e. The summed E-state index contributed by atoms with van der Waals surface area (Å²) in [6.45, 7) is 4.36. The second kappa shape index (κ2) is 6.85. The van der Waals surface area contributed by atoms with Crippen molar-refractivity contribution in [3.8, 4) is 0 Å². The summed E-state index contributed by atoms with van der Waals surface area (Å²) < 4.78 is 0. The lowest BCUT2D eigenvalue weighted by Gasteiger charge is -2.30. The molecule has 3 N–H and O–H groups in total. The van der Waals surface area contributed by atoms with E-state index >= 15 is 0 Å². The maximum absolute atomic E-state index is 11.3. The molecule has 1 rings (SSSR count). The lowest BCUT2D eigenvalue weighted by molar-refractivity contribution is -0.496. The molecule has 0 saturated heterocycles. The highest BCUT2D eigenvalue weighted by Crippen LogP contribution is 2.24. The zero-order valence-electron chi connectivity index (χ0n) is 11.6. The fourth-order valence-electron chi connectivity index (χ4n) is 2.04. The molecule has 1 aromatic rings. The van der Waals surface area contributed by atoms with Crippen LogP contribution in [0.2, 0.25) is 0 Å². The Kier molecular flexibility index (Phi) is 5.45. The Labute approximate surface area is 117 Å². The van der Waals surface area contributed by atoms with Crippen molar-refractivity contribution in [2.24, 2.45) is 5.73 Å². The molecule has 0 aliphatic heterocycles. The van der Waals surface area contributed by atoms with Crippen molar-refractivity contribution >= 4 is 11.7 Å². The van der Waals surface area contributed by atoms with Gasteiger partial charge in [0.1, 0.15) is 0 Å². The molecule has 7 heteroatoms. The predicted molar refractivity (Wildman–Crippen MR) is 75.6 cm³/mol. The summed E-state index contributed by atoms with van der Waals surface area (Å²) in [5.74, 6) is -1.06. The summed E-state index contributed by atoms with van der Waals surface area (Å²) in [5, 5.41) is 19.8.